The summed E-state index contributed by atoms with van der Waals surface area (Å²) in [6.45, 7) is 3.65. The van der Waals surface area contributed by atoms with Crippen LogP contribution in [0.3, 0.4) is 0 Å². The first kappa shape index (κ1) is 12.7. The van der Waals surface area contributed by atoms with Crippen molar-refractivity contribution in [2.45, 2.75) is 19.4 Å². The number of benzene rings is 1. The Kier molecular flexibility index (Phi) is 4.26. The molecule has 0 unspecified atom stereocenters. The second-order valence-electron chi connectivity index (χ2n) is 4.73. The van der Waals surface area contributed by atoms with Crippen LogP contribution in [0, 0.1) is 5.92 Å². The standard InChI is InChI=1S/C13H19ClN2O/c14-12-1-2-13(17)11(7-12)9-16-5-3-10(8-15)4-6-16/h1-2,7,10,17H,3-6,8-9,15H2. The molecule has 0 bridgehead atoms. The van der Waals surface area contributed by atoms with Gasteiger partial charge in [-0.2, -0.15) is 0 Å². The fraction of sp³-hybridized carbons (Fsp3) is 0.538. The predicted molar refractivity (Wildman–Crippen MR) is 70.2 cm³/mol. The number of phenols is 1. The maximum absolute atomic E-state index is 9.76. The van der Waals surface area contributed by atoms with E-state index in [0.29, 0.717) is 16.7 Å². The molecule has 0 aliphatic carbocycles. The molecule has 1 aromatic rings. The van der Waals surface area contributed by atoms with Gasteiger partial charge in [0.1, 0.15) is 5.75 Å². The van der Waals surface area contributed by atoms with E-state index in [4.69, 9.17) is 17.3 Å². The maximum atomic E-state index is 9.76. The highest BCUT2D eigenvalue weighted by molar-refractivity contribution is 6.30. The molecule has 0 radical (unpaired) electrons. The van der Waals surface area contributed by atoms with Crippen molar-refractivity contribution in [3.05, 3.63) is 28.8 Å². The summed E-state index contributed by atoms with van der Waals surface area (Å²) in [5.74, 6) is 0.995. The molecule has 4 heteroatoms. The van der Waals surface area contributed by atoms with Gasteiger partial charge >= 0.3 is 0 Å². The van der Waals surface area contributed by atoms with E-state index in [9.17, 15) is 5.11 Å². The molecule has 1 aromatic carbocycles. The highest BCUT2D eigenvalue weighted by atomic mass is 35.5. The van der Waals surface area contributed by atoms with Crippen LogP contribution in [0.25, 0.3) is 0 Å². The smallest absolute Gasteiger partial charge is 0.120 e. The van der Waals surface area contributed by atoms with Gasteiger partial charge in [0.25, 0.3) is 0 Å². The molecule has 0 atom stereocenters. The number of aromatic hydroxyl groups is 1. The van der Waals surface area contributed by atoms with Crippen LogP contribution in [-0.4, -0.2) is 29.6 Å². The Morgan fingerprint density at radius 3 is 2.71 bits per heavy atom. The Morgan fingerprint density at radius 2 is 2.06 bits per heavy atom. The van der Waals surface area contributed by atoms with E-state index in [0.717, 1.165) is 44.6 Å². The molecular weight excluding hydrogens is 236 g/mol. The summed E-state index contributed by atoms with van der Waals surface area (Å²) in [7, 11) is 0. The Morgan fingerprint density at radius 1 is 1.35 bits per heavy atom. The van der Waals surface area contributed by atoms with Crippen LogP contribution in [0.1, 0.15) is 18.4 Å². The van der Waals surface area contributed by atoms with Crippen molar-refractivity contribution in [3.63, 3.8) is 0 Å². The number of nitrogens with zero attached hydrogens (tertiary/aromatic N) is 1. The monoisotopic (exact) mass is 254 g/mol. The van der Waals surface area contributed by atoms with Crippen molar-refractivity contribution < 1.29 is 5.11 Å². The topological polar surface area (TPSA) is 49.5 Å². The van der Waals surface area contributed by atoms with Crippen LogP contribution in [0.15, 0.2) is 18.2 Å². The van der Waals surface area contributed by atoms with Gasteiger partial charge < -0.3 is 10.8 Å². The molecule has 1 aliphatic rings. The number of hydrogen-bond donors (Lipinski definition) is 2. The van der Waals surface area contributed by atoms with Gasteiger partial charge in [0.05, 0.1) is 0 Å². The number of hydrogen-bond acceptors (Lipinski definition) is 3. The van der Waals surface area contributed by atoms with Crippen molar-refractivity contribution in [2.24, 2.45) is 11.7 Å². The summed E-state index contributed by atoms with van der Waals surface area (Å²) in [5.41, 5.74) is 6.58. The van der Waals surface area contributed by atoms with Gasteiger partial charge in [-0.05, 0) is 56.6 Å². The number of piperidine rings is 1. The fourth-order valence-corrected chi connectivity index (χ4v) is 2.50. The fourth-order valence-electron chi connectivity index (χ4n) is 2.30. The Balaban J connectivity index is 1.95. The number of rotatable bonds is 3. The first-order valence-electron chi connectivity index (χ1n) is 6.09. The summed E-state index contributed by atoms with van der Waals surface area (Å²) >= 11 is 5.93. The maximum Gasteiger partial charge on any atom is 0.120 e. The lowest BCUT2D eigenvalue weighted by atomic mass is 9.97. The third kappa shape index (κ3) is 3.35. The molecule has 3 nitrogen and oxygen atoms in total. The van der Waals surface area contributed by atoms with Crippen molar-refractivity contribution in [1.82, 2.24) is 4.90 Å². The Bertz CT molecular complexity index is 376. The Hall–Kier alpha value is -0.770. The van der Waals surface area contributed by atoms with Gasteiger partial charge in [0.15, 0.2) is 0 Å². The molecule has 94 valence electrons. The number of likely N-dealkylation sites (tertiary alicyclic amines) is 1. The molecule has 17 heavy (non-hydrogen) atoms. The zero-order chi connectivity index (χ0) is 12.3. The lowest BCUT2D eigenvalue weighted by Crippen LogP contribution is -2.35. The molecule has 3 N–H and O–H groups in total. The van der Waals surface area contributed by atoms with Crippen LogP contribution < -0.4 is 5.73 Å². The zero-order valence-electron chi connectivity index (χ0n) is 9.90. The van der Waals surface area contributed by atoms with Gasteiger partial charge in [-0.3, -0.25) is 4.90 Å². The minimum absolute atomic E-state index is 0.329. The van der Waals surface area contributed by atoms with E-state index in [-0.39, 0.29) is 0 Å². The summed E-state index contributed by atoms with van der Waals surface area (Å²) in [4.78, 5) is 2.34. The first-order valence-corrected chi connectivity index (χ1v) is 6.46. The summed E-state index contributed by atoms with van der Waals surface area (Å²) < 4.78 is 0. The summed E-state index contributed by atoms with van der Waals surface area (Å²) in [5, 5.41) is 10.4. The average Bonchev–Trinajstić information content (AvgIpc) is 2.35. The molecule has 0 aromatic heterocycles. The molecule has 1 heterocycles. The molecule has 0 saturated carbocycles. The van der Waals surface area contributed by atoms with Crippen molar-refractivity contribution >= 4 is 11.6 Å². The van der Waals surface area contributed by atoms with E-state index in [1.54, 1.807) is 12.1 Å². The molecular formula is C13H19ClN2O. The van der Waals surface area contributed by atoms with Crippen LogP contribution in [-0.2, 0) is 6.54 Å². The summed E-state index contributed by atoms with van der Waals surface area (Å²) in [6.07, 6.45) is 2.30. The van der Waals surface area contributed by atoms with Crippen molar-refractivity contribution in [3.8, 4) is 5.75 Å². The first-order chi connectivity index (χ1) is 8.19. The Labute approximate surface area is 107 Å². The van der Waals surface area contributed by atoms with E-state index in [2.05, 4.69) is 4.90 Å². The quantitative estimate of drug-likeness (QED) is 0.870. The van der Waals surface area contributed by atoms with E-state index < -0.39 is 0 Å². The number of nitrogens with two attached hydrogens (primary N) is 1. The third-order valence-corrected chi connectivity index (χ3v) is 3.71. The minimum atomic E-state index is 0.329. The van der Waals surface area contributed by atoms with Gasteiger partial charge in [0, 0.05) is 17.1 Å². The molecule has 0 amide bonds. The average molecular weight is 255 g/mol. The van der Waals surface area contributed by atoms with E-state index in [1.807, 2.05) is 6.07 Å². The van der Waals surface area contributed by atoms with Crippen LogP contribution >= 0.6 is 11.6 Å². The van der Waals surface area contributed by atoms with E-state index in [1.165, 1.54) is 0 Å². The molecule has 2 rings (SSSR count). The molecule has 1 aliphatic heterocycles. The number of halogens is 1. The van der Waals surface area contributed by atoms with Crippen LogP contribution in [0.4, 0.5) is 0 Å². The van der Waals surface area contributed by atoms with E-state index >= 15 is 0 Å². The second kappa shape index (κ2) is 5.71. The highest BCUT2D eigenvalue weighted by Gasteiger charge is 2.18. The van der Waals surface area contributed by atoms with Crippen molar-refractivity contribution in [1.29, 1.82) is 0 Å². The van der Waals surface area contributed by atoms with Crippen molar-refractivity contribution in [2.75, 3.05) is 19.6 Å². The highest BCUT2D eigenvalue weighted by Crippen LogP contribution is 2.25. The SMILES string of the molecule is NCC1CCN(Cc2cc(Cl)ccc2O)CC1. The minimum Gasteiger partial charge on any atom is -0.508 e. The van der Waals surface area contributed by atoms with Gasteiger partial charge in [-0.15, -0.1) is 0 Å². The third-order valence-electron chi connectivity index (χ3n) is 3.48. The molecule has 0 spiro atoms. The molecule has 1 saturated heterocycles. The second-order valence-corrected chi connectivity index (χ2v) is 5.16. The normalized spacial score (nSPS) is 18.5. The predicted octanol–water partition coefficient (Wildman–Crippen LogP) is 2.22. The lowest BCUT2D eigenvalue weighted by molar-refractivity contribution is 0.179. The lowest BCUT2D eigenvalue weighted by Gasteiger charge is -2.31. The summed E-state index contributed by atoms with van der Waals surface area (Å²) in [6, 6.07) is 5.21. The van der Waals surface area contributed by atoms with Crippen LogP contribution in [0.2, 0.25) is 5.02 Å². The van der Waals surface area contributed by atoms with Gasteiger partial charge in [-0.1, -0.05) is 11.6 Å². The van der Waals surface area contributed by atoms with Gasteiger partial charge in [-0.25, -0.2) is 0 Å². The zero-order valence-corrected chi connectivity index (χ0v) is 10.7. The largest absolute Gasteiger partial charge is 0.508 e. The number of phenolic OH excluding ortho intramolecular Hbond substituents is 1. The van der Waals surface area contributed by atoms with Crippen LogP contribution in [0.5, 0.6) is 5.75 Å². The molecule has 1 fully saturated rings. The van der Waals surface area contributed by atoms with Gasteiger partial charge in [0.2, 0.25) is 0 Å².